The Morgan fingerprint density at radius 1 is 1.29 bits per heavy atom. The van der Waals surface area contributed by atoms with Crippen LogP contribution in [0.25, 0.3) is 10.6 Å². The number of carbonyl (C=O) groups is 2. The maximum atomic E-state index is 13.4. The summed E-state index contributed by atoms with van der Waals surface area (Å²) in [6.45, 7) is 2.41. The summed E-state index contributed by atoms with van der Waals surface area (Å²) in [5.41, 5.74) is 4.22. The lowest BCUT2D eigenvalue weighted by atomic mass is 9.96. The number of aromatic nitrogens is 5. The second-order valence-electron chi connectivity index (χ2n) is 6.88. The van der Waals surface area contributed by atoms with E-state index in [1.54, 1.807) is 30.1 Å². The van der Waals surface area contributed by atoms with Gasteiger partial charge >= 0.3 is 0 Å². The third-order valence-electron chi connectivity index (χ3n) is 5.01. The highest BCUT2D eigenvalue weighted by Crippen LogP contribution is 2.34. The smallest absolute Gasteiger partial charge is 0.290 e. The Morgan fingerprint density at radius 3 is 2.77 bits per heavy atom. The van der Waals surface area contributed by atoms with Gasteiger partial charge in [0.05, 0.1) is 22.6 Å². The largest absolute Gasteiger partial charge is 0.483 e. The van der Waals surface area contributed by atoms with E-state index in [0.29, 0.717) is 12.2 Å². The first-order valence-corrected chi connectivity index (χ1v) is 10.4. The van der Waals surface area contributed by atoms with E-state index in [0.717, 1.165) is 33.9 Å². The molecule has 4 aromatic heterocycles. The minimum atomic E-state index is -0.255. The van der Waals surface area contributed by atoms with E-state index in [1.807, 2.05) is 29.2 Å². The Morgan fingerprint density at radius 2 is 2.06 bits per heavy atom. The molecule has 0 saturated heterocycles. The molecule has 0 spiro atoms. The van der Waals surface area contributed by atoms with Gasteiger partial charge in [0.25, 0.3) is 12.4 Å². The van der Waals surface area contributed by atoms with Crippen molar-refractivity contribution in [2.24, 2.45) is 0 Å². The number of rotatable bonds is 3. The molecule has 0 aromatic carbocycles. The molecule has 0 aliphatic carbocycles. The van der Waals surface area contributed by atoms with Gasteiger partial charge in [-0.2, -0.15) is 5.10 Å². The molecule has 1 amide bonds. The summed E-state index contributed by atoms with van der Waals surface area (Å²) in [4.78, 5) is 37.7. The van der Waals surface area contributed by atoms with Crippen LogP contribution in [0.2, 0.25) is 0 Å². The van der Waals surface area contributed by atoms with Gasteiger partial charge in [0.15, 0.2) is 5.69 Å². The molecule has 10 heteroatoms. The summed E-state index contributed by atoms with van der Waals surface area (Å²) in [5, 5.41) is 14.2. The van der Waals surface area contributed by atoms with Crippen molar-refractivity contribution in [2.75, 3.05) is 6.54 Å². The highest BCUT2D eigenvalue weighted by atomic mass is 32.1. The Bertz CT molecular complexity index is 1180. The Labute approximate surface area is 181 Å². The van der Waals surface area contributed by atoms with Gasteiger partial charge in [-0.25, -0.2) is 4.98 Å². The topological polar surface area (TPSA) is 128 Å². The highest BCUT2D eigenvalue weighted by molar-refractivity contribution is 7.15. The number of H-pyrrole nitrogens is 2. The number of fused-ring (bicyclic) bond motifs is 1. The number of aryl methyl sites for hydroxylation is 1. The number of carboxylic acid groups (broad SMARTS) is 1. The van der Waals surface area contributed by atoms with Crippen molar-refractivity contribution < 1.29 is 14.7 Å². The fourth-order valence-electron chi connectivity index (χ4n) is 3.66. The van der Waals surface area contributed by atoms with E-state index in [4.69, 9.17) is 9.90 Å². The number of nitrogens with zero attached hydrogens (tertiary/aromatic N) is 4. The first kappa shape index (κ1) is 20.5. The molecule has 9 nitrogen and oxygen atoms in total. The van der Waals surface area contributed by atoms with Crippen LogP contribution in [0.1, 0.15) is 38.4 Å². The Balaban J connectivity index is 0.000000730. The molecule has 5 heterocycles. The lowest BCUT2D eigenvalue weighted by Gasteiger charge is -2.34. The number of thiophene rings is 1. The summed E-state index contributed by atoms with van der Waals surface area (Å²) in [6, 6.07) is 9.54. The molecule has 1 unspecified atom stereocenters. The van der Waals surface area contributed by atoms with Crippen LogP contribution in [-0.2, 0) is 11.2 Å². The van der Waals surface area contributed by atoms with Crippen LogP contribution < -0.4 is 0 Å². The van der Waals surface area contributed by atoms with Gasteiger partial charge in [-0.3, -0.25) is 19.7 Å². The summed E-state index contributed by atoms with van der Waals surface area (Å²) in [7, 11) is 0. The summed E-state index contributed by atoms with van der Waals surface area (Å²) < 4.78 is 0. The van der Waals surface area contributed by atoms with Crippen LogP contribution >= 0.6 is 11.3 Å². The Kier molecular flexibility index (Phi) is 5.89. The molecular weight excluding hydrogens is 416 g/mol. The fraction of sp³-hybridized carbons (Fsp3) is 0.190. The van der Waals surface area contributed by atoms with Crippen molar-refractivity contribution in [2.45, 2.75) is 19.4 Å². The standard InChI is InChI=1S/C20H18N6OS.CH2O2/c1-12-2-3-17(28-12)15-10-16(25-24-15)20(27)26-9-6-14-18(23-11-22-14)19(26)13-4-7-21-8-5-13;2-1-3/h2-5,7-8,10-11,19H,6,9H2,1H3,(H,22,23)(H,24,25);1H,(H,2,3). The van der Waals surface area contributed by atoms with E-state index in [2.05, 4.69) is 38.1 Å². The molecule has 0 bridgehead atoms. The zero-order chi connectivity index (χ0) is 21.8. The summed E-state index contributed by atoms with van der Waals surface area (Å²) in [6.07, 6.45) is 5.91. The zero-order valence-corrected chi connectivity index (χ0v) is 17.5. The molecule has 1 aliphatic rings. The molecule has 4 aromatic rings. The van der Waals surface area contributed by atoms with Gasteiger partial charge in [-0.05, 0) is 42.8 Å². The van der Waals surface area contributed by atoms with E-state index < -0.39 is 0 Å². The Hall–Kier alpha value is -3.79. The van der Waals surface area contributed by atoms with Crippen LogP contribution in [0.3, 0.4) is 0 Å². The van der Waals surface area contributed by atoms with Gasteiger partial charge in [-0.1, -0.05) is 0 Å². The molecule has 1 atom stereocenters. The minimum absolute atomic E-state index is 0.105. The third kappa shape index (κ3) is 4.10. The molecule has 3 N–H and O–H groups in total. The monoisotopic (exact) mass is 436 g/mol. The average Bonchev–Trinajstić information content (AvgIpc) is 3.54. The number of imidazole rings is 1. The van der Waals surface area contributed by atoms with Crippen LogP contribution in [0.15, 0.2) is 49.1 Å². The number of hydrogen-bond acceptors (Lipinski definition) is 6. The molecule has 31 heavy (non-hydrogen) atoms. The lowest BCUT2D eigenvalue weighted by Crippen LogP contribution is -2.41. The number of aromatic amines is 2. The molecule has 1 aliphatic heterocycles. The van der Waals surface area contributed by atoms with Gasteiger partial charge in [0.2, 0.25) is 0 Å². The van der Waals surface area contributed by atoms with Crippen molar-refractivity contribution in [3.05, 3.63) is 76.6 Å². The van der Waals surface area contributed by atoms with Crippen molar-refractivity contribution in [1.29, 1.82) is 0 Å². The molecule has 158 valence electrons. The van der Waals surface area contributed by atoms with Crippen LogP contribution in [-0.4, -0.2) is 54.1 Å². The van der Waals surface area contributed by atoms with Gasteiger partial charge in [0, 0.05) is 35.9 Å². The van der Waals surface area contributed by atoms with Crippen LogP contribution in [0.5, 0.6) is 0 Å². The van der Waals surface area contributed by atoms with E-state index in [9.17, 15) is 4.79 Å². The number of hydrogen-bond donors (Lipinski definition) is 3. The normalized spacial score (nSPS) is 15.0. The predicted octanol–water partition coefficient (Wildman–Crippen LogP) is 3.05. The average molecular weight is 436 g/mol. The molecule has 0 fully saturated rings. The second kappa shape index (κ2) is 8.92. The van der Waals surface area contributed by atoms with E-state index >= 15 is 0 Å². The summed E-state index contributed by atoms with van der Waals surface area (Å²) in [5.74, 6) is -0.105. The minimum Gasteiger partial charge on any atom is -0.483 e. The maximum absolute atomic E-state index is 13.4. The van der Waals surface area contributed by atoms with Crippen molar-refractivity contribution in [3.63, 3.8) is 0 Å². The van der Waals surface area contributed by atoms with Gasteiger partial charge in [-0.15, -0.1) is 11.3 Å². The van der Waals surface area contributed by atoms with Crippen molar-refractivity contribution >= 4 is 23.7 Å². The number of carbonyl (C=O) groups excluding carboxylic acids is 1. The quantitative estimate of drug-likeness (QED) is 0.424. The fourth-order valence-corrected chi connectivity index (χ4v) is 4.50. The highest BCUT2D eigenvalue weighted by Gasteiger charge is 2.35. The molecule has 0 radical (unpaired) electrons. The molecular formula is C21H20N6O3S. The van der Waals surface area contributed by atoms with Crippen LogP contribution in [0, 0.1) is 6.92 Å². The van der Waals surface area contributed by atoms with Crippen LogP contribution in [0.4, 0.5) is 0 Å². The SMILES string of the molecule is Cc1ccc(-c2cc(C(=O)N3CCc4[nH]cnc4C3c3ccncc3)n[nH]2)s1.O=CO. The first-order chi connectivity index (χ1) is 15.1. The number of amides is 1. The van der Waals surface area contributed by atoms with E-state index in [-0.39, 0.29) is 18.4 Å². The van der Waals surface area contributed by atoms with Gasteiger partial charge in [0.1, 0.15) is 6.04 Å². The van der Waals surface area contributed by atoms with Crippen molar-refractivity contribution in [3.8, 4) is 10.6 Å². The maximum Gasteiger partial charge on any atom is 0.290 e. The molecule has 0 saturated carbocycles. The number of pyridine rings is 1. The van der Waals surface area contributed by atoms with Gasteiger partial charge < -0.3 is 15.0 Å². The van der Waals surface area contributed by atoms with E-state index in [1.165, 1.54) is 4.88 Å². The predicted molar refractivity (Wildman–Crippen MR) is 115 cm³/mol. The summed E-state index contributed by atoms with van der Waals surface area (Å²) >= 11 is 1.67. The second-order valence-corrected chi connectivity index (χ2v) is 8.17. The number of nitrogens with one attached hydrogen (secondary N) is 2. The zero-order valence-electron chi connectivity index (χ0n) is 16.6. The third-order valence-corrected chi connectivity index (χ3v) is 6.04. The van der Waals surface area contributed by atoms with Crippen molar-refractivity contribution in [1.82, 2.24) is 30.0 Å². The molecule has 5 rings (SSSR count). The first-order valence-electron chi connectivity index (χ1n) is 9.55. The lowest BCUT2D eigenvalue weighted by molar-refractivity contribution is -0.122.